The maximum absolute atomic E-state index is 12.2. The minimum atomic E-state index is -0.180. The standard InChI is InChI=1S/C21H20N4OS/c1-3-25(4-2)17-11-9-15(10-12-17)13-19-20(26)24-21(27-19)23-18-8-6-5-7-16(18)14-22/h5-13H,3-4H2,1-2H3,(H,23,24,26)/b19-13-. The van der Waals surface area contributed by atoms with E-state index in [1.807, 2.05) is 24.3 Å². The molecule has 3 rings (SSSR count). The number of aliphatic imine (C=N–C) groups is 1. The summed E-state index contributed by atoms with van der Waals surface area (Å²) in [4.78, 5) is 19.5. The molecule has 27 heavy (non-hydrogen) atoms. The minimum Gasteiger partial charge on any atom is -0.372 e. The van der Waals surface area contributed by atoms with Crippen molar-refractivity contribution in [2.75, 3.05) is 18.0 Å². The number of hydrogen-bond donors (Lipinski definition) is 1. The van der Waals surface area contributed by atoms with Crippen molar-refractivity contribution in [2.24, 2.45) is 4.99 Å². The smallest absolute Gasteiger partial charge is 0.264 e. The second kappa shape index (κ2) is 8.56. The number of carbonyl (C=O) groups is 1. The highest BCUT2D eigenvalue weighted by molar-refractivity contribution is 8.18. The first kappa shape index (κ1) is 18.7. The number of para-hydroxylation sites is 1. The third kappa shape index (κ3) is 4.39. The molecule has 1 aliphatic rings. The van der Waals surface area contributed by atoms with Crippen LogP contribution in [0.1, 0.15) is 25.0 Å². The Morgan fingerprint density at radius 3 is 2.52 bits per heavy atom. The highest BCUT2D eigenvalue weighted by Crippen LogP contribution is 2.29. The van der Waals surface area contributed by atoms with Crippen LogP contribution in [0.4, 0.5) is 11.4 Å². The van der Waals surface area contributed by atoms with E-state index in [1.54, 1.807) is 18.2 Å². The van der Waals surface area contributed by atoms with Crippen LogP contribution in [0.15, 0.2) is 58.4 Å². The molecule has 0 aliphatic carbocycles. The average Bonchev–Trinajstić information content (AvgIpc) is 3.03. The molecule has 2 aromatic carbocycles. The number of anilines is 1. The predicted octanol–water partition coefficient (Wildman–Crippen LogP) is 4.30. The van der Waals surface area contributed by atoms with E-state index in [-0.39, 0.29) is 5.91 Å². The van der Waals surface area contributed by atoms with Gasteiger partial charge in [-0.2, -0.15) is 5.26 Å². The lowest BCUT2D eigenvalue weighted by Crippen LogP contribution is -2.21. The average molecular weight is 376 g/mol. The lowest BCUT2D eigenvalue weighted by atomic mass is 10.1. The van der Waals surface area contributed by atoms with E-state index >= 15 is 0 Å². The molecule has 0 aromatic heterocycles. The van der Waals surface area contributed by atoms with Crippen LogP contribution in [0, 0.1) is 11.3 Å². The predicted molar refractivity (Wildman–Crippen MR) is 112 cm³/mol. The Labute approximate surface area is 163 Å². The Morgan fingerprint density at radius 2 is 1.85 bits per heavy atom. The normalized spacial score (nSPS) is 16.4. The van der Waals surface area contributed by atoms with Gasteiger partial charge in [-0.1, -0.05) is 24.3 Å². The van der Waals surface area contributed by atoms with Gasteiger partial charge in [0.2, 0.25) is 0 Å². The zero-order valence-electron chi connectivity index (χ0n) is 15.3. The van der Waals surface area contributed by atoms with Crippen LogP contribution >= 0.6 is 11.8 Å². The maximum atomic E-state index is 12.2. The third-order valence-corrected chi connectivity index (χ3v) is 5.13. The van der Waals surface area contributed by atoms with Gasteiger partial charge in [0.1, 0.15) is 6.07 Å². The highest BCUT2D eigenvalue weighted by atomic mass is 32.2. The number of thioether (sulfide) groups is 1. The molecule has 0 bridgehead atoms. The molecule has 6 heteroatoms. The Bertz CT molecular complexity index is 937. The van der Waals surface area contributed by atoms with Crippen LogP contribution in [-0.4, -0.2) is 24.2 Å². The van der Waals surface area contributed by atoms with Gasteiger partial charge >= 0.3 is 0 Å². The van der Waals surface area contributed by atoms with Crippen LogP contribution in [0.5, 0.6) is 0 Å². The van der Waals surface area contributed by atoms with Gasteiger partial charge in [0, 0.05) is 18.8 Å². The molecule has 0 radical (unpaired) electrons. The molecule has 1 saturated heterocycles. The lowest BCUT2D eigenvalue weighted by Gasteiger charge is -2.20. The molecule has 1 amide bonds. The number of nitriles is 1. The van der Waals surface area contributed by atoms with Gasteiger partial charge in [0.25, 0.3) is 5.91 Å². The zero-order valence-corrected chi connectivity index (χ0v) is 16.1. The lowest BCUT2D eigenvalue weighted by molar-refractivity contribution is -0.115. The van der Waals surface area contributed by atoms with Gasteiger partial charge < -0.3 is 10.2 Å². The molecular weight excluding hydrogens is 356 g/mol. The van der Waals surface area contributed by atoms with Crippen LogP contribution in [0.3, 0.4) is 0 Å². The van der Waals surface area contributed by atoms with Crippen LogP contribution in [-0.2, 0) is 4.79 Å². The Hall–Kier alpha value is -3.04. The SMILES string of the molecule is CCN(CC)c1ccc(/C=C2\SC(=Nc3ccccc3C#N)NC2=O)cc1. The fourth-order valence-corrected chi connectivity index (χ4v) is 3.61. The van der Waals surface area contributed by atoms with Gasteiger partial charge in [0.05, 0.1) is 16.2 Å². The molecule has 0 unspecified atom stereocenters. The van der Waals surface area contributed by atoms with Crippen LogP contribution < -0.4 is 10.2 Å². The van der Waals surface area contributed by atoms with E-state index in [9.17, 15) is 4.79 Å². The van der Waals surface area contributed by atoms with Crippen molar-refractivity contribution in [3.05, 3.63) is 64.6 Å². The molecule has 2 aromatic rings. The quantitative estimate of drug-likeness (QED) is 0.790. The van der Waals surface area contributed by atoms with Crippen molar-refractivity contribution in [1.82, 2.24) is 5.32 Å². The molecule has 136 valence electrons. The number of amidine groups is 1. The Balaban J connectivity index is 1.79. The largest absolute Gasteiger partial charge is 0.372 e. The topological polar surface area (TPSA) is 68.5 Å². The summed E-state index contributed by atoms with van der Waals surface area (Å²) < 4.78 is 0. The fraction of sp³-hybridized carbons (Fsp3) is 0.190. The summed E-state index contributed by atoms with van der Waals surface area (Å²) in [5.74, 6) is -0.180. The first-order valence-corrected chi connectivity index (χ1v) is 9.60. The number of nitrogens with zero attached hydrogens (tertiary/aromatic N) is 3. The summed E-state index contributed by atoms with van der Waals surface area (Å²) >= 11 is 1.28. The number of nitrogens with one attached hydrogen (secondary N) is 1. The zero-order chi connectivity index (χ0) is 19.2. The molecule has 0 saturated carbocycles. The number of benzene rings is 2. The Kier molecular flexibility index (Phi) is 5.94. The number of hydrogen-bond acceptors (Lipinski definition) is 5. The van der Waals surface area contributed by atoms with Crippen molar-refractivity contribution in [2.45, 2.75) is 13.8 Å². The fourth-order valence-electron chi connectivity index (χ4n) is 2.78. The van der Waals surface area contributed by atoms with Crippen molar-refractivity contribution >= 4 is 40.3 Å². The van der Waals surface area contributed by atoms with Gasteiger partial charge in [-0.05, 0) is 61.5 Å². The van der Waals surface area contributed by atoms with Gasteiger partial charge in [0.15, 0.2) is 5.17 Å². The number of amides is 1. The number of rotatable bonds is 5. The Morgan fingerprint density at radius 1 is 1.15 bits per heavy atom. The molecule has 1 N–H and O–H groups in total. The van der Waals surface area contributed by atoms with E-state index in [1.165, 1.54) is 17.4 Å². The van der Waals surface area contributed by atoms with Crippen LogP contribution in [0.2, 0.25) is 0 Å². The summed E-state index contributed by atoms with van der Waals surface area (Å²) in [6, 6.07) is 17.3. The van der Waals surface area contributed by atoms with E-state index < -0.39 is 0 Å². The summed E-state index contributed by atoms with van der Waals surface area (Å²) in [5, 5.41) is 12.4. The first-order chi connectivity index (χ1) is 13.1. The summed E-state index contributed by atoms with van der Waals surface area (Å²) in [7, 11) is 0. The minimum absolute atomic E-state index is 0.180. The molecule has 5 nitrogen and oxygen atoms in total. The molecular formula is C21H20N4OS. The van der Waals surface area contributed by atoms with E-state index in [0.717, 1.165) is 18.7 Å². The maximum Gasteiger partial charge on any atom is 0.264 e. The second-order valence-electron chi connectivity index (χ2n) is 5.87. The van der Waals surface area contributed by atoms with Gasteiger partial charge in [-0.25, -0.2) is 4.99 Å². The van der Waals surface area contributed by atoms with Crippen molar-refractivity contribution in [3.8, 4) is 6.07 Å². The molecule has 1 aliphatic heterocycles. The summed E-state index contributed by atoms with van der Waals surface area (Å²) in [5.41, 5.74) is 3.15. The van der Waals surface area contributed by atoms with Crippen LogP contribution in [0.25, 0.3) is 6.08 Å². The third-order valence-electron chi connectivity index (χ3n) is 4.22. The molecule has 0 spiro atoms. The van der Waals surface area contributed by atoms with Gasteiger partial charge in [-0.3, -0.25) is 4.79 Å². The summed E-state index contributed by atoms with van der Waals surface area (Å²) in [6.07, 6.45) is 1.85. The van der Waals surface area contributed by atoms with Gasteiger partial charge in [-0.15, -0.1) is 0 Å². The van der Waals surface area contributed by atoms with E-state index in [0.29, 0.717) is 21.3 Å². The monoisotopic (exact) mass is 376 g/mol. The first-order valence-electron chi connectivity index (χ1n) is 8.78. The highest BCUT2D eigenvalue weighted by Gasteiger charge is 2.24. The molecule has 0 atom stereocenters. The number of carbonyl (C=O) groups excluding carboxylic acids is 1. The van der Waals surface area contributed by atoms with E-state index in [2.05, 4.69) is 47.3 Å². The van der Waals surface area contributed by atoms with E-state index in [4.69, 9.17) is 5.26 Å². The van der Waals surface area contributed by atoms with Crippen molar-refractivity contribution in [3.63, 3.8) is 0 Å². The molecule has 1 heterocycles. The molecule has 1 fully saturated rings. The van der Waals surface area contributed by atoms with Crippen molar-refractivity contribution < 1.29 is 4.79 Å². The van der Waals surface area contributed by atoms with Crippen molar-refractivity contribution in [1.29, 1.82) is 5.26 Å². The second-order valence-corrected chi connectivity index (χ2v) is 6.91. The summed E-state index contributed by atoms with van der Waals surface area (Å²) in [6.45, 7) is 6.17.